The predicted octanol–water partition coefficient (Wildman–Crippen LogP) is 4.82. The third kappa shape index (κ3) is 3.78. The van der Waals surface area contributed by atoms with Crippen LogP contribution in [-0.2, 0) is 6.42 Å². The minimum absolute atomic E-state index is 0.0430. The van der Waals surface area contributed by atoms with E-state index in [9.17, 15) is 4.39 Å². The van der Waals surface area contributed by atoms with Crippen molar-refractivity contribution in [3.8, 4) is 0 Å². The number of rotatable bonds is 6. The second-order valence-electron chi connectivity index (χ2n) is 4.42. The minimum Gasteiger partial charge on any atom is -0.310 e. The number of halogens is 2. The fraction of sp³-hybridized carbons (Fsp3) is 0.333. The molecule has 102 valence electrons. The van der Waals surface area contributed by atoms with Gasteiger partial charge in [-0.05, 0) is 53.9 Å². The van der Waals surface area contributed by atoms with Crippen molar-refractivity contribution >= 4 is 22.9 Å². The van der Waals surface area contributed by atoms with Crippen LogP contribution >= 0.6 is 22.9 Å². The van der Waals surface area contributed by atoms with E-state index in [0.717, 1.165) is 19.4 Å². The number of aryl methyl sites for hydroxylation is 1. The average Bonchev–Trinajstić information content (AvgIpc) is 2.88. The Balaban J connectivity index is 2.15. The summed E-state index contributed by atoms with van der Waals surface area (Å²) in [5.74, 6) is -0.233. The lowest BCUT2D eigenvalue weighted by molar-refractivity contribution is 0.486. The monoisotopic (exact) mass is 297 g/mol. The third-order valence-electron chi connectivity index (χ3n) is 3.10. The fourth-order valence-electron chi connectivity index (χ4n) is 2.18. The molecule has 1 N–H and O–H groups in total. The number of benzene rings is 1. The molecule has 0 aliphatic rings. The van der Waals surface area contributed by atoms with Crippen LogP contribution in [0.2, 0.25) is 5.02 Å². The molecule has 0 saturated heterocycles. The van der Waals surface area contributed by atoms with Crippen LogP contribution in [0.1, 0.15) is 30.5 Å². The Kier molecular flexibility index (Phi) is 5.37. The molecule has 0 spiro atoms. The molecular weight excluding hydrogens is 281 g/mol. The summed E-state index contributed by atoms with van der Waals surface area (Å²) in [6, 6.07) is 6.92. The molecule has 2 rings (SSSR count). The summed E-state index contributed by atoms with van der Waals surface area (Å²) in [6.07, 6.45) is 1.76. The van der Waals surface area contributed by atoms with Crippen LogP contribution in [-0.4, -0.2) is 6.54 Å². The third-order valence-corrected chi connectivity index (χ3v) is 4.16. The molecule has 0 bridgehead atoms. The van der Waals surface area contributed by atoms with Crippen molar-refractivity contribution in [2.45, 2.75) is 25.8 Å². The maximum Gasteiger partial charge on any atom is 0.129 e. The SMILES string of the molecule is CCNC(CCc1ccsc1)c1c(F)cccc1Cl. The zero-order valence-electron chi connectivity index (χ0n) is 10.8. The summed E-state index contributed by atoms with van der Waals surface area (Å²) < 4.78 is 14.0. The number of nitrogens with one attached hydrogen (secondary N) is 1. The van der Waals surface area contributed by atoms with Crippen LogP contribution in [0, 0.1) is 5.82 Å². The minimum atomic E-state index is -0.233. The Hall–Kier alpha value is -0.900. The van der Waals surface area contributed by atoms with E-state index in [1.54, 1.807) is 23.5 Å². The highest BCUT2D eigenvalue weighted by Gasteiger charge is 2.18. The zero-order chi connectivity index (χ0) is 13.7. The molecule has 1 nitrogen and oxygen atoms in total. The van der Waals surface area contributed by atoms with E-state index >= 15 is 0 Å². The van der Waals surface area contributed by atoms with Crippen LogP contribution in [0.25, 0.3) is 0 Å². The van der Waals surface area contributed by atoms with Crippen LogP contribution in [0.3, 0.4) is 0 Å². The lowest BCUT2D eigenvalue weighted by atomic mass is 9.99. The molecule has 0 fully saturated rings. The van der Waals surface area contributed by atoms with Gasteiger partial charge in [0, 0.05) is 16.6 Å². The standard InChI is InChI=1S/C15H17ClFNS/c1-2-18-14(7-6-11-8-9-19-10-11)15-12(16)4-3-5-13(15)17/h3-5,8-10,14,18H,2,6-7H2,1H3. The average molecular weight is 298 g/mol. The Morgan fingerprint density at radius 2 is 2.21 bits per heavy atom. The second-order valence-corrected chi connectivity index (χ2v) is 5.60. The van der Waals surface area contributed by atoms with E-state index in [1.165, 1.54) is 11.6 Å². The second kappa shape index (κ2) is 7.04. The molecule has 0 aliphatic carbocycles. The van der Waals surface area contributed by atoms with Crippen LogP contribution < -0.4 is 5.32 Å². The molecule has 0 aliphatic heterocycles. The number of hydrogen-bond donors (Lipinski definition) is 1. The molecule has 4 heteroatoms. The van der Waals surface area contributed by atoms with Crippen LogP contribution in [0.15, 0.2) is 35.0 Å². The maximum absolute atomic E-state index is 14.0. The molecule has 1 aromatic carbocycles. The van der Waals surface area contributed by atoms with Gasteiger partial charge in [-0.2, -0.15) is 11.3 Å². The van der Waals surface area contributed by atoms with Gasteiger partial charge in [0.05, 0.1) is 0 Å². The molecule has 0 saturated carbocycles. The lowest BCUT2D eigenvalue weighted by Crippen LogP contribution is -2.22. The van der Waals surface area contributed by atoms with Crippen molar-refractivity contribution in [3.63, 3.8) is 0 Å². The highest BCUT2D eigenvalue weighted by molar-refractivity contribution is 7.07. The predicted molar refractivity (Wildman–Crippen MR) is 80.5 cm³/mol. The Morgan fingerprint density at radius 3 is 2.84 bits per heavy atom. The van der Waals surface area contributed by atoms with Crippen molar-refractivity contribution in [1.82, 2.24) is 5.32 Å². The highest BCUT2D eigenvalue weighted by atomic mass is 35.5. The van der Waals surface area contributed by atoms with E-state index in [2.05, 4.69) is 22.1 Å². The largest absolute Gasteiger partial charge is 0.310 e. The van der Waals surface area contributed by atoms with Crippen molar-refractivity contribution < 1.29 is 4.39 Å². The summed E-state index contributed by atoms with van der Waals surface area (Å²) in [5.41, 5.74) is 1.88. The van der Waals surface area contributed by atoms with E-state index in [-0.39, 0.29) is 11.9 Å². The normalized spacial score (nSPS) is 12.6. The molecule has 1 aromatic heterocycles. The molecule has 2 aromatic rings. The van der Waals surface area contributed by atoms with Gasteiger partial charge in [0.2, 0.25) is 0 Å². The highest BCUT2D eigenvalue weighted by Crippen LogP contribution is 2.29. The van der Waals surface area contributed by atoms with Gasteiger partial charge in [-0.15, -0.1) is 0 Å². The summed E-state index contributed by atoms with van der Waals surface area (Å²) in [7, 11) is 0. The Morgan fingerprint density at radius 1 is 1.37 bits per heavy atom. The summed E-state index contributed by atoms with van der Waals surface area (Å²) in [6.45, 7) is 2.81. The molecule has 1 heterocycles. The van der Waals surface area contributed by atoms with Gasteiger partial charge >= 0.3 is 0 Å². The van der Waals surface area contributed by atoms with E-state index < -0.39 is 0 Å². The van der Waals surface area contributed by atoms with Gasteiger partial charge in [-0.25, -0.2) is 4.39 Å². The van der Waals surface area contributed by atoms with Crippen molar-refractivity contribution in [3.05, 3.63) is 57.0 Å². The molecule has 0 radical (unpaired) electrons. The van der Waals surface area contributed by atoms with Crippen molar-refractivity contribution in [1.29, 1.82) is 0 Å². The van der Waals surface area contributed by atoms with Crippen LogP contribution in [0.4, 0.5) is 4.39 Å². The first kappa shape index (κ1) is 14.5. The van der Waals surface area contributed by atoms with E-state index in [1.807, 2.05) is 6.92 Å². The number of thiophene rings is 1. The van der Waals surface area contributed by atoms with Crippen molar-refractivity contribution in [2.75, 3.05) is 6.54 Å². The lowest BCUT2D eigenvalue weighted by Gasteiger charge is -2.20. The summed E-state index contributed by atoms with van der Waals surface area (Å²) in [5, 5.41) is 8.01. The van der Waals surface area contributed by atoms with Gasteiger partial charge in [0.1, 0.15) is 5.82 Å². The van der Waals surface area contributed by atoms with E-state index in [0.29, 0.717) is 10.6 Å². The quantitative estimate of drug-likeness (QED) is 0.806. The van der Waals surface area contributed by atoms with Gasteiger partial charge < -0.3 is 5.32 Å². The van der Waals surface area contributed by atoms with Crippen LogP contribution in [0.5, 0.6) is 0 Å². The fourth-order valence-corrected chi connectivity index (χ4v) is 3.18. The molecule has 1 atom stereocenters. The van der Waals surface area contributed by atoms with Gasteiger partial charge in [-0.3, -0.25) is 0 Å². The maximum atomic E-state index is 14.0. The summed E-state index contributed by atoms with van der Waals surface area (Å²) in [4.78, 5) is 0. The first-order chi connectivity index (χ1) is 9.22. The molecule has 19 heavy (non-hydrogen) atoms. The smallest absolute Gasteiger partial charge is 0.129 e. The molecule has 1 unspecified atom stereocenters. The van der Waals surface area contributed by atoms with E-state index in [4.69, 9.17) is 11.6 Å². The first-order valence-electron chi connectivity index (χ1n) is 6.40. The first-order valence-corrected chi connectivity index (χ1v) is 7.72. The van der Waals surface area contributed by atoms with Gasteiger partial charge in [-0.1, -0.05) is 24.6 Å². The Bertz CT molecular complexity index is 493. The molecule has 0 amide bonds. The Labute approximate surface area is 122 Å². The number of hydrogen-bond acceptors (Lipinski definition) is 2. The van der Waals surface area contributed by atoms with Gasteiger partial charge in [0.15, 0.2) is 0 Å². The molecular formula is C15H17ClFNS. The topological polar surface area (TPSA) is 12.0 Å². The van der Waals surface area contributed by atoms with Crippen molar-refractivity contribution in [2.24, 2.45) is 0 Å². The van der Waals surface area contributed by atoms with Gasteiger partial charge in [0.25, 0.3) is 0 Å². The zero-order valence-corrected chi connectivity index (χ0v) is 12.4. The summed E-state index contributed by atoms with van der Waals surface area (Å²) >= 11 is 7.83.